The van der Waals surface area contributed by atoms with E-state index in [9.17, 15) is 14.8 Å². The molecule has 6 nitrogen and oxygen atoms in total. The molecule has 1 saturated carbocycles. The standard InChI is InChI=1S/C25H22FN5O.ClH/c26-20-12-17(32)10-11-18(20)23-19(13-27)21(22-24(28)30-31-25(22)29-23)16-8-6-15(7-9-16)14-4-2-1-3-5-14;/h6-12,14,32H,1-5H2,(H3,28,29,30,31);1H. The Morgan fingerprint density at radius 1 is 1.09 bits per heavy atom. The second-order valence-electron chi connectivity index (χ2n) is 8.28. The first kappa shape index (κ1) is 22.6. The molecule has 2 heterocycles. The molecular weight excluding hydrogens is 441 g/mol. The number of halogens is 2. The molecular formula is C25H23ClFN5O. The smallest absolute Gasteiger partial charge is 0.184 e. The third-order valence-corrected chi connectivity index (χ3v) is 6.33. The highest BCUT2D eigenvalue weighted by Gasteiger charge is 2.23. The molecule has 2 aromatic carbocycles. The molecule has 168 valence electrons. The fourth-order valence-corrected chi connectivity index (χ4v) is 4.72. The minimum Gasteiger partial charge on any atom is -0.508 e. The highest BCUT2D eigenvalue weighted by Crippen LogP contribution is 2.40. The lowest BCUT2D eigenvalue weighted by atomic mass is 9.83. The summed E-state index contributed by atoms with van der Waals surface area (Å²) in [6.07, 6.45) is 6.19. The van der Waals surface area contributed by atoms with Gasteiger partial charge in [0.25, 0.3) is 0 Å². The molecule has 0 aliphatic heterocycles. The SMILES string of the molecule is Cl.N#Cc1c(-c2ccc(O)cc2F)nc2n[nH]c(N)c2c1-c1ccc(C2CCCCC2)cc1. The molecule has 4 N–H and O–H groups in total. The number of nitrogen functional groups attached to an aromatic ring is 1. The van der Waals surface area contributed by atoms with Crippen LogP contribution in [0.2, 0.25) is 0 Å². The van der Waals surface area contributed by atoms with E-state index in [2.05, 4.69) is 33.4 Å². The maximum atomic E-state index is 14.7. The minimum absolute atomic E-state index is 0. The summed E-state index contributed by atoms with van der Waals surface area (Å²) >= 11 is 0. The van der Waals surface area contributed by atoms with E-state index < -0.39 is 5.82 Å². The van der Waals surface area contributed by atoms with E-state index >= 15 is 0 Å². The molecule has 33 heavy (non-hydrogen) atoms. The van der Waals surface area contributed by atoms with E-state index in [-0.39, 0.29) is 35.0 Å². The average Bonchev–Trinajstić information content (AvgIpc) is 3.19. The zero-order chi connectivity index (χ0) is 22.2. The van der Waals surface area contributed by atoms with Crippen LogP contribution in [0, 0.1) is 17.1 Å². The predicted octanol–water partition coefficient (Wildman–Crippen LogP) is 6.06. The van der Waals surface area contributed by atoms with Crippen molar-refractivity contribution in [2.24, 2.45) is 0 Å². The normalized spacial score (nSPS) is 14.1. The van der Waals surface area contributed by atoms with E-state index in [0.29, 0.717) is 28.3 Å². The number of nitrogens with one attached hydrogen (secondary N) is 1. The number of nitrogens with zero attached hydrogens (tertiary/aromatic N) is 3. The van der Waals surface area contributed by atoms with Gasteiger partial charge in [-0.2, -0.15) is 10.4 Å². The molecule has 0 spiro atoms. The van der Waals surface area contributed by atoms with Gasteiger partial charge in [0.1, 0.15) is 23.5 Å². The number of fused-ring (bicyclic) bond motifs is 1. The van der Waals surface area contributed by atoms with Gasteiger partial charge in [0.2, 0.25) is 0 Å². The van der Waals surface area contributed by atoms with Gasteiger partial charge in [-0.25, -0.2) is 9.37 Å². The van der Waals surface area contributed by atoms with E-state index in [0.717, 1.165) is 11.6 Å². The topological polar surface area (TPSA) is 112 Å². The number of H-pyrrole nitrogens is 1. The minimum atomic E-state index is -0.671. The number of aromatic nitrogens is 3. The van der Waals surface area contributed by atoms with E-state index in [1.165, 1.54) is 49.8 Å². The molecule has 0 bridgehead atoms. The van der Waals surface area contributed by atoms with Crippen molar-refractivity contribution in [3.63, 3.8) is 0 Å². The van der Waals surface area contributed by atoms with Crippen LogP contribution in [0.4, 0.5) is 10.2 Å². The number of aromatic hydroxyl groups is 1. The van der Waals surface area contributed by atoms with Gasteiger partial charge < -0.3 is 10.8 Å². The van der Waals surface area contributed by atoms with Gasteiger partial charge in [-0.05, 0) is 42.0 Å². The Bertz CT molecular complexity index is 1350. The van der Waals surface area contributed by atoms with Crippen molar-refractivity contribution in [3.8, 4) is 34.2 Å². The van der Waals surface area contributed by atoms with Crippen LogP contribution in [0.25, 0.3) is 33.4 Å². The molecule has 0 amide bonds. The highest BCUT2D eigenvalue weighted by molar-refractivity contribution is 6.04. The number of anilines is 1. The number of benzene rings is 2. The van der Waals surface area contributed by atoms with Crippen LogP contribution >= 0.6 is 12.4 Å². The molecule has 0 radical (unpaired) electrons. The monoisotopic (exact) mass is 463 g/mol. The number of phenols is 1. The molecule has 0 saturated heterocycles. The molecule has 8 heteroatoms. The Hall–Kier alpha value is -3.63. The van der Waals surface area contributed by atoms with Crippen molar-refractivity contribution in [2.75, 3.05) is 5.73 Å². The van der Waals surface area contributed by atoms with Crippen molar-refractivity contribution in [3.05, 3.63) is 59.4 Å². The number of nitriles is 1. The lowest BCUT2D eigenvalue weighted by molar-refractivity contribution is 0.443. The molecule has 1 aliphatic carbocycles. The van der Waals surface area contributed by atoms with Crippen molar-refractivity contribution >= 4 is 29.3 Å². The largest absolute Gasteiger partial charge is 0.508 e. The summed E-state index contributed by atoms with van der Waals surface area (Å²) < 4.78 is 14.7. The molecule has 0 atom stereocenters. The number of nitrogens with two attached hydrogens (primary N) is 1. The third kappa shape index (κ3) is 3.98. The average molecular weight is 464 g/mol. The number of pyridine rings is 1. The van der Waals surface area contributed by atoms with Gasteiger partial charge >= 0.3 is 0 Å². The molecule has 2 aromatic heterocycles. The van der Waals surface area contributed by atoms with E-state index in [4.69, 9.17) is 5.73 Å². The summed E-state index contributed by atoms with van der Waals surface area (Å²) in [4.78, 5) is 4.44. The predicted molar refractivity (Wildman–Crippen MR) is 129 cm³/mol. The summed E-state index contributed by atoms with van der Waals surface area (Å²) in [6, 6.07) is 14.2. The van der Waals surface area contributed by atoms with Crippen LogP contribution in [-0.2, 0) is 0 Å². The summed E-state index contributed by atoms with van der Waals surface area (Å²) in [5.74, 6) is -0.0109. The van der Waals surface area contributed by atoms with Gasteiger partial charge in [-0.3, -0.25) is 5.10 Å². The van der Waals surface area contributed by atoms with Gasteiger partial charge in [0.05, 0.1) is 16.6 Å². The summed E-state index contributed by atoms with van der Waals surface area (Å²) in [7, 11) is 0. The molecule has 0 unspecified atom stereocenters. The summed E-state index contributed by atoms with van der Waals surface area (Å²) in [6.45, 7) is 0. The third-order valence-electron chi connectivity index (χ3n) is 6.33. The second kappa shape index (κ2) is 9.08. The maximum Gasteiger partial charge on any atom is 0.184 e. The highest BCUT2D eigenvalue weighted by atomic mass is 35.5. The first-order chi connectivity index (χ1) is 15.6. The Labute approximate surface area is 196 Å². The molecule has 4 aromatic rings. The zero-order valence-electron chi connectivity index (χ0n) is 17.8. The van der Waals surface area contributed by atoms with Gasteiger partial charge in [-0.1, -0.05) is 43.5 Å². The fraction of sp³-hybridized carbons (Fsp3) is 0.240. The Morgan fingerprint density at radius 3 is 2.48 bits per heavy atom. The molecule has 5 rings (SSSR count). The molecule has 1 fully saturated rings. The zero-order valence-corrected chi connectivity index (χ0v) is 18.6. The first-order valence-corrected chi connectivity index (χ1v) is 10.7. The number of phenolic OH excluding ortho intramolecular Hbond substituents is 1. The Kier molecular flexibility index (Phi) is 6.21. The lowest BCUT2D eigenvalue weighted by Crippen LogP contribution is -2.04. The number of hydrogen-bond acceptors (Lipinski definition) is 5. The number of rotatable bonds is 3. The molecule has 1 aliphatic rings. The van der Waals surface area contributed by atoms with Crippen molar-refractivity contribution < 1.29 is 9.50 Å². The van der Waals surface area contributed by atoms with Gasteiger partial charge in [-0.15, -0.1) is 12.4 Å². The van der Waals surface area contributed by atoms with Crippen LogP contribution in [0.1, 0.15) is 49.1 Å². The first-order valence-electron chi connectivity index (χ1n) is 10.7. The van der Waals surface area contributed by atoms with Gasteiger partial charge in [0, 0.05) is 17.2 Å². The van der Waals surface area contributed by atoms with Crippen molar-refractivity contribution in [1.29, 1.82) is 5.26 Å². The maximum absolute atomic E-state index is 14.7. The summed E-state index contributed by atoms with van der Waals surface area (Å²) in [5, 5.41) is 27.1. The quantitative estimate of drug-likeness (QED) is 0.342. The second-order valence-corrected chi connectivity index (χ2v) is 8.28. The van der Waals surface area contributed by atoms with Crippen LogP contribution in [0.5, 0.6) is 5.75 Å². The van der Waals surface area contributed by atoms with Crippen molar-refractivity contribution in [1.82, 2.24) is 15.2 Å². The van der Waals surface area contributed by atoms with Gasteiger partial charge in [0.15, 0.2) is 5.65 Å². The Morgan fingerprint density at radius 2 is 1.82 bits per heavy atom. The van der Waals surface area contributed by atoms with Crippen LogP contribution in [0.15, 0.2) is 42.5 Å². The van der Waals surface area contributed by atoms with Crippen molar-refractivity contribution in [2.45, 2.75) is 38.0 Å². The van der Waals surface area contributed by atoms with E-state index in [1.807, 2.05) is 12.1 Å². The van der Waals surface area contributed by atoms with E-state index in [1.54, 1.807) is 0 Å². The van der Waals surface area contributed by atoms with Crippen LogP contribution < -0.4 is 5.73 Å². The fourth-order valence-electron chi connectivity index (χ4n) is 4.72. The summed E-state index contributed by atoms with van der Waals surface area (Å²) in [5.41, 5.74) is 9.59. The number of hydrogen-bond donors (Lipinski definition) is 3. The number of aromatic amines is 1. The lowest BCUT2D eigenvalue weighted by Gasteiger charge is -2.22. The Balaban J connectivity index is 0.00000259. The van der Waals surface area contributed by atoms with Crippen LogP contribution in [0.3, 0.4) is 0 Å². The van der Waals surface area contributed by atoms with Crippen LogP contribution in [-0.4, -0.2) is 20.3 Å².